The van der Waals surface area contributed by atoms with Gasteiger partial charge in [0.1, 0.15) is 5.76 Å². The Balaban J connectivity index is 0.000000171. The quantitative estimate of drug-likeness (QED) is 0.754. The monoisotopic (exact) mass is 231 g/mol. The molecule has 0 atom stereocenters. The van der Waals surface area contributed by atoms with E-state index in [9.17, 15) is 0 Å². The highest BCUT2D eigenvalue weighted by Crippen LogP contribution is 2.12. The second kappa shape index (κ2) is 6.89. The smallest absolute Gasteiger partial charge is 0.106 e. The van der Waals surface area contributed by atoms with Crippen LogP contribution in [0.4, 0.5) is 0 Å². The van der Waals surface area contributed by atoms with Crippen LogP contribution in [0.1, 0.15) is 51.0 Å². The third-order valence-corrected chi connectivity index (χ3v) is 2.39. The molecule has 92 valence electrons. The summed E-state index contributed by atoms with van der Waals surface area (Å²) in [5, 5.41) is 0. The highest BCUT2D eigenvalue weighted by molar-refractivity contribution is 5.06. The Morgan fingerprint density at radius 2 is 1.71 bits per heavy atom. The minimum Gasteiger partial charge on any atom is -0.469 e. The molecule has 0 unspecified atom stereocenters. The number of hydrogen-bond donors (Lipinski definition) is 0. The summed E-state index contributed by atoms with van der Waals surface area (Å²) in [4.78, 5) is 4.18. The summed E-state index contributed by atoms with van der Waals surface area (Å²) < 4.78 is 5.09. The number of furan rings is 1. The van der Waals surface area contributed by atoms with Gasteiger partial charge < -0.3 is 4.42 Å². The first-order valence-electron chi connectivity index (χ1n) is 6.05. The van der Waals surface area contributed by atoms with E-state index >= 15 is 0 Å². The molecule has 2 aromatic rings. The normalized spacial score (nSPS) is 10.2. The summed E-state index contributed by atoms with van der Waals surface area (Å²) in [5.41, 5.74) is 1.16. The molecule has 0 bridgehead atoms. The molecule has 2 heterocycles. The molecule has 0 spiro atoms. The van der Waals surface area contributed by atoms with Crippen LogP contribution in [0.25, 0.3) is 0 Å². The van der Waals surface area contributed by atoms with Crippen LogP contribution < -0.4 is 0 Å². The molecule has 0 saturated carbocycles. The van der Waals surface area contributed by atoms with E-state index in [4.69, 9.17) is 4.42 Å². The van der Waals surface area contributed by atoms with Crippen molar-refractivity contribution in [3.63, 3.8) is 0 Å². The average molecular weight is 231 g/mol. The lowest BCUT2D eigenvalue weighted by Crippen LogP contribution is -1.88. The lowest BCUT2D eigenvalue weighted by molar-refractivity contribution is 0.487. The fourth-order valence-corrected chi connectivity index (χ4v) is 1.34. The number of hydrogen-bond acceptors (Lipinski definition) is 2. The Bertz CT molecular complexity index is 390. The van der Waals surface area contributed by atoms with E-state index in [0.29, 0.717) is 11.8 Å². The number of pyridine rings is 1. The fraction of sp³-hybridized carbons (Fsp3) is 0.400. The molecule has 0 radical (unpaired) electrons. The van der Waals surface area contributed by atoms with Crippen molar-refractivity contribution in [2.45, 2.75) is 39.5 Å². The predicted molar refractivity (Wildman–Crippen MR) is 71.1 cm³/mol. The maximum absolute atomic E-state index is 5.09. The minimum absolute atomic E-state index is 0.519. The number of rotatable bonds is 2. The van der Waals surface area contributed by atoms with Crippen LogP contribution in [0.2, 0.25) is 0 Å². The second-order valence-electron chi connectivity index (χ2n) is 4.58. The van der Waals surface area contributed by atoms with Crippen molar-refractivity contribution in [3.05, 3.63) is 54.2 Å². The van der Waals surface area contributed by atoms with Gasteiger partial charge in [0, 0.05) is 17.8 Å². The van der Waals surface area contributed by atoms with Gasteiger partial charge in [-0.15, -0.1) is 0 Å². The van der Waals surface area contributed by atoms with E-state index in [2.05, 4.69) is 32.7 Å². The van der Waals surface area contributed by atoms with Crippen molar-refractivity contribution in [1.82, 2.24) is 4.98 Å². The maximum atomic E-state index is 5.09. The lowest BCUT2D eigenvalue weighted by Gasteiger charge is -2.00. The Morgan fingerprint density at radius 3 is 2.00 bits per heavy atom. The van der Waals surface area contributed by atoms with Crippen LogP contribution in [0, 0.1) is 0 Å². The first-order chi connectivity index (χ1) is 8.11. The van der Waals surface area contributed by atoms with Gasteiger partial charge in [-0.05, 0) is 30.2 Å². The fourth-order valence-electron chi connectivity index (χ4n) is 1.34. The third-order valence-electron chi connectivity index (χ3n) is 2.39. The van der Waals surface area contributed by atoms with Gasteiger partial charge in [0.15, 0.2) is 0 Å². The van der Waals surface area contributed by atoms with E-state index in [1.54, 1.807) is 6.26 Å². The van der Waals surface area contributed by atoms with E-state index in [1.807, 2.05) is 36.5 Å². The molecular weight excluding hydrogens is 210 g/mol. The molecule has 0 amide bonds. The number of aromatic nitrogens is 1. The van der Waals surface area contributed by atoms with Gasteiger partial charge in [0.05, 0.1) is 6.26 Å². The summed E-state index contributed by atoms with van der Waals surface area (Å²) in [7, 11) is 0. The van der Waals surface area contributed by atoms with Gasteiger partial charge in [0.25, 0.3) is 0 Å². The topological polar surface area (TPSA) is 26.0 Å². The molecule has 0 aliphatic rings. The van der Waals surface area contributed by atoms with Crippen molar-refractivity contribution >= 4 is 0 Å². The molecule has 2 nitrogen and oxygen atoms in total. The molecule has 17 heavy (non-hydrogen) atoms. The van der Waals surface area contributed by atoms with Gasteiger partial charge >= 0.3 is 0 Å². The van der Waals surface area contributed by atoms with Crippen molar-refractivity contribution < 1.29 is 4.42 Å². The Morgan fingerprint density at radius 1 is 0.941 bits per heavy atom. The van der Waals surface area contributed by atoms with Crippen LogP contribution in [0.15, 0.2) is 47.2 Å². The largest absolute Gasteiger partial charge is 0.469 e. The molecule has 2 heteroatoms. The summed E-state index contributed by atoms with van der Waals surface area (Å²) in [5.74, 6) is 2.13. The highest BCUT2D eigenvalue weighted by atomic mass is 16.3. The second-order valence-corrected chi connectivity index (χ2v) is 4.58. The predicted octanol–water partition coefficient (Wildman–Crippen LogP) is 4.61. The molecule has 2 aromatic heterocycles. The molecule has 2 rings (SSSR count). The summed E-state index contributed by atoms with van der Waals surface area (Å²) in [6, 6.07) is 9.90. The van der Waals surface area contributed by atoms with Crippen molar-refractivity contribution in [2.24, 2.45) is 0 Å². The van der Waals surface area contributed by atoms with Crippen molar-refractivity contribution in [3.8, 4) is 0 Å². The van der Waals surface area contributed by atoms with E-state index in [1.165, 1.54) is 0 Å². The zero-order valence-electron chi connectivity index (χ0n) is 11.1. The van der Waals surface area contributed by atoms with E-state index in [-0.39, 0.29) is 0 Å². The Kier molecular flexibility index (Phi) is 5.47. The van der Waals surface area contributed by atoms with Crippen LogP contribution in [-0.4, -0.2) is 4.98 Å². The molecule has 0 N–H and O–H groups in total. The molecule has 0 fully saturated rings. The van der Waals surface area contributed by atoms with E-state index < -0.39 is 0 Å². The molecule has 0 aliphatic carbocycles. The first kappa shape index (κ1) is 13.5. The Hall–Kier alpha value is -1.57. The lowest BCUT2D eigenvalue weighted by atomic mass is 10.1. The highest BCUT2D eigenvalue weighted by Gasteiger charge is 1.98. The van der Waals surface area contributed by atoms with Crippen LogP contribution in [0.3, 0.4) is 0 Å². The van der Waals surface area contributed by atoms with Crippen molar-refractivity contribution in [2.75, 3.05) is 0 Å². The van der Waals surface area contributed by atoms with Gasteiger partial charge in [-0.25, -0.2) is 0 Å². The zero-order chi connectivity index (χ0) is 12.7. The zero-order valence-corrected chi connectivity index (χ0v) is 11.1. The summed E-state index contributed by atoms with van der Waals surface area (Å²) in [6.07, 6.45) is 3.53. The van der Waals surface area contributed by atoms with Gasteiger partial charge in [-0.1, -0.05) is 33.8 Å². The van der Waals surface area contributed by atoms with Gasteiger partial charge in [0.2, 0.25) is 0 Å². The minimum atomic E-state index is 0.519. The number of nitrogens with zero attached hydrogens (tertiary/aromatic N) is 1. The molecule has 0 saturated heterocycles. The van der Waals surface area contributed by atoms with E-state index in [0.717, 1.165) is 11.5 Å². The molecule has 0 aromatic carbocycles. The molecular formula is C15H21NO. The van der Waals surface area contributed by atoms with Crippen LogP contribution >= 0.6 is 0 Å². The van der Waals surface area contributed by atoms with Crippen LogP contribution in [-0.2, 0) is 0 Å². The Labute approximate surface area is 104 Å². The summed E-state index contributed by atoms with van der Waals surface area (Å²) >= 11 is 0. The standard InChI is InChI=1S/C8H11N.C7H10O/c1-7(2)8-5-3-4-6-9-8;1-6(2)7-4-3-5-8-7/h3-7H,1-2H3;3-6H,1-2H3. The first-order valence-corrected chi connectivity index (χ1v) is 6.05. The summed E-state index contributed by atoms with van der Waals surface area (Å²) in [6.45, 7) is 8.50. The third kappa shape index (κ3) is 4.85. The van der Waals surface area contributed by atoms with Gasteiger partial charge in [-0.3, -0.25) is 4.98 Å². The molecule has 0 aliphatic heterocycles. The van der Waals surface area contributed by atoms with Crippen molar-refractivity contribution in [1.29, 1.82) is 0 Å². The van der Waals surface area contributed by atoms with Crippen LogP contribution in [0.5, 0.6) is 0 Å². The average Bonchev–Trinajstić information content (AvgIpc) is 2.84. The SMILES string of the molecule is CC(C)c1ccccn1.CC(C)c1ccco1. The van der Waals surface area contributed by atoms with Gasteiger partial charge in [-0.2, -0.15) is 0 Å². The maximum Gasteiger partial charge on any atom is 0.106 e.